The molecule has 0 amide bonds. The zero-order valence-corrected chi connectivity index (χ0v) is 15.3. The normalized spacial score (nSPS) is 23.5. The van der Waals surface area contributed by atoms with Crippen molar-refractivity contribution in [1.29, 1.82) is 0 Å². The molecule has 5 nitrogen and oxygen atoms in total. The van der Waals surface area contributed by atoms with Crippen molar-refractivity contribution in [2.24, 2.45) is 0 Å². The maximum Gasteiger partial charge on any atom is 0.177 e. The highest BCUT2D eigenvalue weighted by Gasteiger charge is 2.26. The maximum absolute atomic E-state index is 12.3. The molecule has 25 heavy (non-hydrogen) atoms. The van der Waals surface area contributed by atoms with Gasteiger partial charge in [-0.05, 0) is 24.6 Å². The van der Waals surface area contributed by atoms with Crippen LogP contribution >= 0.6 is 0 Å². The Labute approximate surface area is 150 Å². The molecule has 1 aromatic carbocycles. The molecule has 3 rings (SSSR count). The van der Waals surface area contributed by atoms with Crippen LogP contribution in [0.5, 0.6) is 0 Å². The monoisotopic (exact) mass is 359 g/mol. The van der Waals surface area contributed by atoms with Gasteiger partial charge in [-0.15, -0.1) is 6.58 Å². The number of rotatable bonds is 5. The van der Waals surface area contributed by atoms with Crippen molar-refractivity contribution in [2.75, 3.05) is 42.7 Å². The van der Waals surface area contributed by atoms with Crippen molar-refractivity contribution < 1.29 is 8.42 Å². The first-order valence-electron chi connectivity index (χ1n) is 8.49. The Kier molecular flexibility index (Phi) is 5.01. The maximum atomic E-state index is 12.3. The summed E-state index contributed by atoms with van der Waals surface area (Å²) in [7, 11) is -3.34. The SMILES string of the molecule is C=CC1(Nc2cc(N3CCNCC3)ccc2S(C)(=O)=O)C=CC=CC1. The number of benzene rings is 1. The molecule has 1 fully saturated rings. The minimum Gasteiger partial charge on any atom is -0.371 e. The number of nitrogens with one attached hydrogen (secondary N) is 2. The molecular weight excluding hydrogens is 334 g/mol. The van der Waals surface area contributed by atoms with Crippen molar-refractivity contribution in [3.8, 4) is 0 Å². The average Bonchev–Trinajstić information content (AvgIpc) is 2.62. The lowest BCUT2D eigenvalue weighted by Gasteiger charge is -2.33. The van der Waals surface area contributed by atoms with Crippen LogP contribution in [-0.2, 0) is 9.84 Å². The Balaban J connectivity index is 2.00. The summed E-state index contributed by atoms with van der Waals surface area (Å²) in [4.78, 5) is 2.58. The number of hydrogen-bond acceptors (Lipinski definition) is 5. The Morgan fingerprint density at radius 1 is 1.28 bits per heavy atom. The zero-order valence-electron chi connectivity index (χ0n) is 14.5. The first-order chi connectivity index (χ1) is 11.9. The molecule has 0 saturated carbocycles. The summed E-state index contributed by atoms with van der Waals surface area (Å²) >= 11 is 0. The molecule has 0 spiro atoms. The fourth-order valence-electron chi connectivity index (χ4n) is 3.24. The van der Waals surface area contributed by atoms with Gasteiger partial charge in [0.05, 0.1) is 16.1 Å². The largest absolute Gasteiger partial charge is 0.371 e. The van der Waals surface area contributed by atoms with Crippen LogP contribution in [-0.4, -0.2) is 46.4 Å². The number of allylic oxidation sites excluding steroid dienone is 2. The Morgan fingerprint density at radius 3 is 2.64 bits per heavy atom. The molecule has 1 saturated heterocycles. The Bertz CT molecular complexity index is 808. The molecule has 0 bridgehead atoms. The number of anilines is 2. The topological polar surface area (TPSA) is 61.4 Å². The predicted octanol–water partition coefficient (Wildman–Crippen LogP) is 2.35. The van der Waals surface area contributed by atoms with E-state index in [4.69, 9.17) is 0 Å². The highest BCUT2D eigenvalue weighted by atomic mass is 32.2. The second-order valence-electron chi connectivity index (χ2n) is 6.55. The van der Waals surface area contributed by atoms with E-state index in [-0.39, 0.29) is 0 Å². The van der Waals surface area contributed by atoms with E-state index < -0.39 is 15.4 Å². The summed E-state index contributed by atoms with van der Waals surface area (Å²) in [6, 6.07) is 5.54. The Morgan fingerprint density at radius 2 is 2.04 bits per heavy atom. The molecule has 1 aliphatic carbocycles. The van der Waals surface area contributed by atoms with Gasteiger partial charge in [-0.2, -0.15) is 0 Å². The molecule has 1 aromatic rings. The smallest absolute Gasteiger partial charge is 0.177 e. The van der Waals surface area contributed by atoms with Crippen LogP contribution in [0.25, 0.3) is 0 Å². The van der Waals surface area contributed by atoms with E-state index in [0.717, 1.165) is 38.3 Å². The van der Waals surface area contributed by atoms with Crippen LogP contribution in [0, 0.1) is 0 Å². The van der Waals surface area contributed by atoms with Gasteiger partial charge in [-0.25, -0.2) is 8.42 Å². The van der Waals surface area contributed by atoms with Crippen LogP contribution in [0.3, 0.4) is 0 Å². The average molecular weight is 359 g/mol. The molecule has 2 N–H and O–H groups in total. The van der Waals surface area contributed by atoms with Crippen LogP contribution in [0.2, 0.25) is 0 Å². The minimum atomic E-state index is -3.34. The quantitative estimate of drug-likeness (QED) is 0.791. The van der Waals surface area contributed by atoms with E-state index in [2.05, 4.69) is 28.2 Å². The lowest BCUT2D eigenvalue weighted by molar-refractivity contribution is 0.588. The van der Waals surface area contributed by atoms with E-state index in [9.17, 15) is 8.42 Å². The minimum absolute atomic E-state index is 0.315. The van der Waals surface area contributed by atoms with Crippen molar-refractivity contribution in [3.05, 3.63) is 55.2 Å². The number of nitrogens with zero attached hydrogens (tertiary/aromatic N) is 1. The van der Waals surface area contributed by atoms with E-state index in [1.54, 1.807) is 6.07 Å². The molecule has 6 heteroatoms. The van der Waals surface area contributed by atoms with Gasteiger partial charge in [-0.3, -0.25) is 0 Å². The molecule has 0 radical (unpaired) electrons. The van der Waals surface area contributed by atoms with Crippen molar-refractivity contribution in [2.45, 2.75) is 16.9 Å². The van der Waals surface area contributed by atoms with Crippen LogP contribution in [0.1, 0.15) is 6.42 Å². The fourth-order valence-corrected chi connectivity index (χ4v) is 4.07. The Hall–Kier alpha value is -2.05. The third-order valence-electron chi connectivity index (χ3n) is 4.67. The molecule has 1 heterocycles. The van der Waals surface area contributed by atoms with Crippen molar-refractivity contribution in [3.63, 3.8) is 0 Å². The van der Waals surface area contributed by atoms with E-state index in [1.807, 2.05) is 36.4 Å². The third-order valence-corrected chi connectivity index (χ3v) is 5.83. The summed E-state index contributed by atoms with van der Waals surface area (Å²) in [6.45, 7) is 7.62. The van der Waals surface area contributed by atoms with Gasteiger partial charge in [0, 0.05) is 38.1 Å². The number of sulfone groups is 1. The summed E-state index contributed by atoms with van der Waals surface area (Å²) in [5.41, 5.74) is 1.18. The lowest BCUT2D eigenvalue weighted by atomic mass is 9.91. The van der Waals surface area contributed by atoms with Gasteiger partial charge in [0.2, 0.25) is 0 Å². The molecular formula is C19H25N3O2S. The van der Waals surface area contributed by atoms with Gasteiger partial charge in [-0.1, -0.05) is 30.4 Å². The number of hydrogen-bond donors (Lipinski definition) is 2. The highest BCUT2D eigenvalue weighted by Crippen LogP contribution is 2.32. The molecule has 0 aromatic heterocycles. The molecule has 1 aliphatic heterocycles. The summed E-state index contributed by atoms with van der Waals surface area (Å²) < 4.78 is 24.5. The highest BCUT2D eigenvalue weighted by molar-refractivity contribution is 7.90. The van der Waals surface area contributed by atoms with Gasteiger partial charge in [0.25, 0.3) is 0 Å². The van der Waals surface area contributed by atoms with Crippen LogP contribution in [0.4, 0.5) is 11.4 Å². The first kappa shape index (κ1) is 17.8. The molecule has 134 valence electrons. The second-order valence-corrected chi connectivity index (χ2v) is 8.53. The standard InChI is InChI=1S/C19H25N3O2S/c1-3-19(9-5-4-6-10-19)21-17-15-16(22-13-11-20-12-14-22)7-8-18(17)25(2,23)24/h3-9,15,20-21H,1,10-14H2,2H3. The van der Waals surface area contributed by atoms with E-state index in [1.165, 1.54) is 6.26 Å². The zero-order chi connectivity index (χ0) is 17.9. The second kappa shape index (κ2) is 7.06. The molecule has 1 unspecified atom stereocenters. The van der Waals surface area contributed by atoms with Crippen molar-refractivity contribution >= 4 is 21.2 Å². The van der Waals surface area contributed by atoms with Crippen molar-refractivity contribution in [1.82, 2.24) is 5.32 Å². The summed E-state index contributed by atoms with van der Waals surface area (Å²) in [6.07, 6.45) is 11.8. The lowest BCUT2D eigenvalue weighted by Crippen LogP contribution is -2.43. The summed E-state index contributed by atoms with van der Waals surface area (Å²) in [5.74, 6) is 0. The molecule has 2 aliphatic rings. The van der Waals surface area contributed by atoms with Gasteiger partial charge in [0.15, 0.2) is 9.84 Å². The van der Waals surface area contributed by atoms with E-state index >= 15 is 0 Å². The van der Waals surface area contributed by atoms with Gasteiger partial charge >= 0.3 is 0 Å². The number of piperazine rings is 1. The van der Waals surface area contributed by atoms with Crippen LogP contribution in [0.15, 0.2) is 60.1 Å². The van der Waals surface area contributed by atoms with Crippen LogP contribution < -0.4 is 15.5 Å². The van der Waals surface area contributed by atoms with E-state index in [0.29, 0.717) is 10.6 Å². The third kappa shape index (κ3) is 3.96. The van der Waals surface area contributed by atoms with Gasteiger partial charge in [0.1, 0.15) is 0 Å². The summed E-state index contributed by atoms with van der Waals surface area (Å²) in [5, 5.41) is 6.75. The fraction of sp³-hybridized carbons (Fsp3) is 0.368. The molecule has 1 atom stereocenters. The predicted molar refractivity (Wildman–Crippen MR) is 104 cm³/mol. The first-order valence-corrected chi connectivity index (χ1v) is 10.4. The van der Waals surface area contributed by atoms with Gasteiger partial charge < -0.3 is 15.5 Å².